The summed E-state index contributed by atoms with van der Waals surface area (Å²) in [5.41, 5.74) is 1.89. The van der Waals surface area contributed by atoms with E-state index >= 15 is 0 Å². The Kier molecular flexibility index (Phi) is 7.02. The van der Waals surface area contributed by atoms with Gasteiger partial charge in [-0.2, -0.15) is 0 Å². The number of amides is 1. The van der Waals surface area contributed by atoms with Crippen molar-refractivity contribution in [3.63, 3.8) is 0 Å². The number of hydrogen-bond acceptors (Lipinski definition) is 7. The van der Waals surface area contributed by atoms with Crippen LogP contribution >= 0.6 is 0 Å². The van der Waals surface area contributed by atoms with E-state index in [1.807, 2.05) is 24.3 Å². The van der Waals surface area contributed by atoms with Gasteiger partial charge in [0.15, 0.2) is 6.10 Å². The lowest BCUT2D eigenvalue weighted by atomic mass is 10.2. The third-order valence-corrected chi connectivity index (χ3v) is 4.44. The summed E-state index contributed by atoms with van der Waals surface area (Å²) >= 11 is 0. The lowest BCUT2D eigenvalue weighted by molar-refractivity contribution is -0.123. The van der Waals surface area contributed by atoms with Crippen molar-refractivity contribution >= 4 is 23.3 Å². The number of pyridine rings is 1. The van der Waals surface area contributed by atoms with Gasteiger partial charge in [0.1, 0.15) is 5.56 Å². The van der Waals surface area contributed by atoms with Crippen LogP contribution in [-0.2, 0) is 14.3 Å². The molecule has 1 amide bonds. The first-order chi connectivity index (χ1) is 14.1. The Morgan fingerprint density at radius 1 is 1.21 bits per heavy atom. The number of anilines is 2. The van der Waals surface area contributed by atoms with Gasteiger partial charge in [0, 0.05) is 30.7 Å². The zero-order valence-corrected chi connectivity index (χ0v) is 16.6. The van der Waals surface area contributed by atoms with Crippen LogP contribution in [0, 0.1) is 0 Å². The molecule has 0 radical (unpaired) electrons. The fourth-order valence-corrected chi connectivity index (χ4v) is 2.90. The van der Waals surface area contributed by atoms with Crippen LogP contribution in [0.25, 0.3) is 0 Å². The summed E-state index contributed by atoms with van der Waals surface area (Å²) in [5.74, 6) is -0.891. The zero-order valence-electron chi connectivity index (χ0n) is 16.6. The van der Waals surface area contributed by atoms with Crippen molar-refractivity contribution in [3.8, 4) is 5.88 Å². The van der Waals surface area contributed by atoms with Crippen LogP contribution < -0.4 is 15.0 Å². The van der Waals surface area contributed by atoms with Gasteiger partial charge in [0.2, 0.25) is 5.88 Å². The highest BCUT2D eigenvalue weighted by molar-refractivity contribution is 5.98. The topological polar surface area (TPSA) is 90.0 Å². The number of rotatable bonds is 7. The third-order valence-electron chi connectivity index (χ3n) is 4.44. The Bertz CT molecular complexity index is 834. The number of esters is 1. The molecule has 1 aliphatic rings. The van der Waals surface area contributed by atoms with E-state index in [9.17, 15) is 9.59 Å². The van der Waals surface area contributed by atoms with Crippen molar-refractivity contribution in [2.75, 3.05) is 43.1 Å². The number of benzene rings is 1. The number of nitrogens with one attached hydrogen (secondary N) is 1. The van der Waals surface area contributed by atoms with Gasteiger partial charge in [-0.15, -0.1) is 0 Å². The van der Waals surface area contributed by atoms with Gasteiger partial charge in [-0.25, -0.2) is 9.78 Å². The van der Waals surface area contributed by atoms with Crippen LogP contribution in [0.4, 0.5) is 11.4 Å². The maximum absolute atomic E-state index is 12.4. The average molecular weight is 399 g/mol. The molecule has 1 aliphatic heterocycles. The first-order valence-corrected chi connectivity index (χ1v) is 9.61. The quantitative estimate of drug-likeness (QED) is 0.716. The molecule has 1 saturated heterocycles. The number of aromatic nitrogens is 1. The molecular weight excluding hydrogens is 374 g/mol. The van der Waals surface area contributed by atoms with Crippen molar-refractivity contribution in [1.29, 1.82) is 0 Å². The molecule has 8 heteroatoms. The molecule has 1 fully saturated rings. The van der Waals surface area contributed by atoms with Gasteiger partial charge < -0.3 is 24.4 Å². The average Bonchev–Trinajstić information content (AvgIpc) is 2.75. The molecule has 0 unspecified atom stereocenters. The minimum Gasteiger partial charge on any atom is -0.477 e. The van der Waals surface area contributed by atoms with Crippen molar-refractivity contribution in [2.24, 2.45) is 0 Å². The van der Waals surface area contributed by atoms with E-state index < -0.39 is 18.0 Å². The van der Waals surface area contributed by atoms with Crippen molar-refractivity contribution in [3.05, 3.63) is 48.2 Å². The first-order valence-electron chi connectivity index (χ1n) is 9.61. The van der Waals surface area contributed by atoms with Crippen LogP contribution in [0.1, 0.15) is 24.2 Å². The van der Waals surface area contributed by atoms with E-state index in [0.29, 0.717) is 25.5 Å². The summed E-state index contributed by atoms with van der Waals surface area (Å²) < 4.78 is 16.0. The molecule has 0 aliphatic carbocycles. The van der Waals surface area contributed by atoms with Gasteiger partial charge in [-0.3, -0.25) is 4.79 Å². The lowest BCUT2D eigenvalue weighted by Gasteiger charge is -2.28. The molecule has 2 heterocycles. The van der Waals surface area contributed by atoms with E-state index in [0.717, 1.165) is 18.8 Å². The second kappa shape index (κ2) is 9.88. The first kappa shape index (κ1) is 20.6. The van der Waals surface area contributed by atoms with E-state index in [1.54, 1.807) is 19.1 Å². The van der Waals surface area contributed by atoms with Crippen molar-refractivity contribution < 1.29 is 23.8 Å². The highest BCUT2D eigenvalue weighted by Crippen LogP contribution is 2.20. The minimum atomic E-state index is -0.976. The van der Waals surface area contributed by atoms with Crippen LogP contribution in [-0.4, -0.2) is 55.9 Å². The van der Waals surface area contributed by atoms with E-state index in [2.05, 4.69) is 15.2 Å². The zero-order chi connectivity index (χ0) is 20.6. The number of nitrogens with zero attached hydrogens (tertiary/aromatic N) is 2. The minimum absolute atomic E-state index is 0.184. The predicted octanol–water partition coefficient (Wildman–Crippen LogP) is 2.50. The molecule has 1 aromatic heterocycles. The summed E-state index contributed by atoms with van der Waals surface area (Å²) in [6.45, 7) is 6.80. The third kappa shape index (κ3) is 5.45. The van der Waals surface area contributed by atoms with Crippen molar-refractivity contribution in [2.45, 2.75) is 20.0 Å². The summed E-state index contributed by atoms with van der Waals surface area (Å²) in [7, 11) is 0. The number of carbonyl (C=O) groups excluding carboxylic acids is 2. The molecule has 3 rings (SSSR count). The summed E-state index contributed by atoms with van der Waals surface area (Å²) in [6.07, 6.45) is 0.550. The Morgan fingerprint density at radius 3 is 2.62 bits per heavy atom. The Hall–Kier alpha value is -3.13. The number of ether oxygens (including phenoxy) is 3. The van der Waals surface area contributed by atoms with Gasteiger partial charge in [-0.05, 0) is 50.2 Å². The Morgan fingerprint density at radius 2 is 1.93 bits per heavy atom. The summed E-state index contributed by atoms with van der Waals surface area (Å²) in [5, 5.41) is 2.76. The molecular formula is C21H25N3O5. The number of hydrogen-bond donors (Lipinski definition) is 1. The predicted molar refractivity (Wildman–Crippen MR) is 108 cm³/mol. The monoisotopic (exact) mass is 399 g/mol. The molecule has 1 atom stereocenters. The molecule has 29 heavy (non-hydrogen) atoms. The molecule has 0 spiro atoms. The molecule has 1 aromatic carbocycles. The Balaban J connectivity index is 1.57. The smallest absolute Gasteiger partial charge is 0.344 e. The van der Waals surface area contributed by atoms with Crippen molar-refractivity contribution in [1.82, 2.24) is 4.98 Å². The fraction of sp³-hybridized carbons (Fsp3) is 0.381. The highest BCUT2D eigenvalue weighted by atomic mass is 16.6. The molecule has 0 bridgehead atoms. The van der Waals surface area contributed by atoms with Crippen LogP contribution in [0.2, 0.25) is 0 Å². The summed E-state index contributed by atoms with van der Waals surface area (Å²) in [6, 6.07) is 10.7. The second-order valence-electron chi connectivity index (χ2n) is 6.47. The van der Waals surface area contributed by atoms with Gasteiger partial charge in [-0.1, -0.05) is 0 Å². The molecule has 2 aromatic rings. The molecule has 0 saturated carbocycles. The Labute approximate surface area is 169 Å². The molecule has 8 nitrogen and oxygen atoms in total. The van der Waals surface area contributed by atoms with Crippen LogP contribution in [0.15, 0.2) is 42.6 Å². The second-order valence-corrected chi connectivity index (χ2v) is 6.47. The molecule has 154 valence electrons. The fourth-order valence-electron chi connectivity index (χ4n) is 2.90. The van der Waals surface area contributed by atoms with Gasteiger partial charge in [0.05, 0.1) is 19.8 Å². The lowest BCUT2D eigenvalue weighted by Crippen LogP contribution is -2.36. The standard InChI is InChI=1S/C21H25N3O5/c1-3-28-20-18(5-4-10-22-20)21(26)29-15(2)19(25)23-16-6-8-17(9-7-16)24-11-13-27-14-12-24/h4-10,15H,3,11-14H2,1-2H3,(H,23,25)/t15-/m0/s1. The maximum atomic E-state index is 12.4. The van der Waals surface area contributed by atoms with Crippen LogP contribution in [0.3, 0.4) is 0 Å². The van der Waals surface area contributed by atoms with E-state index in [4.69, 9.17) is 14.2 Å². The molecule has 1 N–H and O–H groups in total. The van der Waals surface area contributed by atoms with E-state index in [1.165, 1.54) is 13.1 Å². The van der Waals surface area contributed by atoms with Gasteiger partial charge in [0.25, 0.3) is 5.91 Å². The normalized spacial score (nSPS) is 14.8. The van der Waals surface area contributed by atoms with Crippen LogP contribution in [0.5, 0.6) is 5.88 Å². The van der Waals surface area contributed by atoms with Gasteiger partial charge >= 0.3 is 5.97 Å². The highest BCUT2D eigenvalue weighted by Gasteiger charge is 2.22. The van der Waals surface area contributed by atoms with E-state index in [-0.39, 0.29) is 11.4 Å². The maximum Gasteiger partial charge on any atom is 0.344 e. The number of morpholine rings is 1. The number of carbonyl (C=O) groups is 2. The summed E-state index contributed by atoms with van der Waals surface area (Å²) in [4.78, 5) is 31.0. The SMILES string of the molecule is CCOc1ncccc1C(=O)O[C@@H](C)C(=O)Nc1ccc(N2CCOCC2)cc1. The largest absolute Gasteiger partial charge is 0.477 e.